The molecule has 3 rings (SSSR count). The molecule has 1 atom stereocenters. The maximum absolute atomic E-state index is 12.4. The lowest BCUT2D eigenvalue weighted by atomic mass is 9.95. The molecule has 2 heterocycles. The highest BCUT2D eigenvalue weighted by molar-refractivity contribution is 7.10. The second kappa shape index (κ2) is 6.10. The van der Waals surface area contributed by atoms with Crippen LogP contribution in [0.25, 0.3) is 0 Å². The van der Waals surface area contributed by atoms with Crippen LogP contribution in [-0.4, -0.2) is 19.0 Å². The highest BCUT2D eigenvalue weighted by Crippen LogP contribution is 2.37. The number of thiophene rings is 1. The van der Waals surface area contributed by atoms with E-state index in [9.17, 15) is 4.79 Å². The predicted octanol–water partition coefficient (Wildman–Crippen LogP) is 3.02. The molecule has 20 heavy (non-hydrogen) atoms. The molecule has 2 aliphatic rings. The van der Waals surface area contributed by atoms with E-state index in [4.69, 9.17) is 0 Å². The van der Waals surface area contributed by atoms with Crippen LogP contribution < -0.4 is 10.6 Å². The van der Waals surface area contributed by atoms with E-state index in [2.05, 4.69) is 28.1 Å². The van der Waals surface area contributed by atoms with Crippen LogP contribution in [-0.2, 0) is 4.79 Å². The van der Waals surface area contributed by atoms with E-state index in [0.717, 1.165) is 18.7 Å². The molecule has 0 aromatic carbocycles. The van der Waals surface area contributed by atoms with Gasteiger partial charge in [-0.25, -0.2) is 0 Å². The van der Waals surface area contributed by atoms with Crippen molar-refractivity contribution >= 4 is 17.2 Å². The number of hydrogen-bond donors (Lipinski definition) is 2. The van der Waals surface area contributed by atoms with Gasteiger partial charge in [-0.05, 0) is 42.7 Å². The lowest BCUT2D eigenvalue weighted by Crippen LogP contribution is -2.39. The third-order valence-corrected chi connectivity index (χ3v) is 5.51. The zero-order chi connectivity index (χ0) is 13.9. The van der Waals surface area contributed by atoms with Crippen LogP contribution >= 0.6 is 11.3 Å². The van der Waals surface area contributed by atoms with Gasteiger partial charge in [-0.1, -0.05) is 18.9 Å². The van der Waals surface area contributed by atoms with E-state index < -0.39 is 0 Å². The maximum Gasteiger partial charge on any atom is 0.247 e. The highest BCUT2D eigenvalue weighted by atomic mass is 32.1. The lowest BCUT2D eigenvalue weighted by Gasteiger charge is -2.26. The summed E-state index contributed by atoms with van der Waals surface area (Å²) in [5.74, 6) is 0.724. The van der Waals surface area contributed by atoms with Crippen molar-refractivity contribution < 1.29 is 4.79 Å². The fourth-order valence-corrected chi connectivity index (χ4v) is 3.97. The summed E-state index contributed by atoms with van der Waals surface area (Å²) in [6, 6.07) is 4.44. The topological polar surface area (TPSA) is 41.1 Å². The number of carbonyl (C=O) groups is 1. The summed E-state index contributed by atoms with van der Waals surface area (Å²) in [6.07, 6.45) is 5.07. The van der Waals surface area contributed by atoms with Crippen LogP contribution in [0.3, 0.4) is 0 Å². The number of carbonyl (C=O) groups excluding carboxylic acids is 1. The molecule has 3 nitrogen and oxygen atoms in total. The molecule has 108 valence electrons. The molecular weight excluding hydrogens is 268 g/mol. The van der Waals surface area contributed by atoms with Gasteiger partial charge in [-0.2, -0.15) is 0 Å². The summed E-state index contributed by atoms with van der Waals surface area (Å²) < 4.78 is 0. The number of rotatable bonds is 4. The Morgan fingerprint density at radius 2 is 2.15 bits per heavy atom. The molecule has 1 amide bonds. The third-order valence-electron chi connectivity index (χ3n) is 4.56. The van der Waals surface area contributed by atoms with Gasteiger partial charge in [0.25, 0.3) is 0 Å². The van der Waals surface area contributed by atoms with Gasteiger partial charge in [-0.15, -0.1) is 11.3 Å². The van der Waals surface area contributed by atoms with Gasteiger partial charge in [-0.3, -0.25) is 4.79 Å². The van der Waals surface area contributed by atoms with E-state index in [1.165, 1.54) is 36.1 Å². The predicted molar refractivity (Wildman–Crippen MR) is 82.7 cm³/mol. The smallest absolute Gasteiger partial charge is 0.247 e. The zero-order valence-electron chi connectivity index (χ0n) is 11.9. The van der Waals surface area contributed by atoms with Crippen molar-refractivity contribution in [1.29, 1.82) is 0 Å². The van der Waals surface area contributed by atoms with Gasteiger partial charge in [0.05, 0.1) is 6.04 Å². The van der Waals surface area contributed by atoms with Crippen LogP contribution in [0.15, 0.2) is 28.7 Å². The van der Waals surface area contributed by atoms with Gasteiger partial charge < -0.3 is 10.6 Å². The Balaban J connectivity index is 1.74. The molecule has 1 saturated heterocycles. The van der Waals surface area contributed by atoms with Crippen LogP contribution in [0, 0.1) is 5.92 Å². The summed E-state index contributed by atoms with van der Waals surface area (Å²) in [6.45, 7) is 3.68. The van der Waals surface area contributed by atoms with Crippen molar-refractivity contribution in [2.24, 2.45) is 5.92 Å². The molecule has 0 spiro atoms. The van der Waals surface area contributed by atoms with E-state index in [1.807, 2.05) is 6.92 Å². The normalized spacial score (nSPS) is 20.6. The summed E-state index contributed by atoms with van der Waals surface area (Å²) in [5, 5.41) is 8.60. The SMILES string of the molecule is CC(C(=O)NC(c1cccs1)C1CCCC1)=C1CNC1. The van der Waals surface area contributed by atoms with Crippen molar-refractivity contribution in [3.63, 3.8) is 0 Å². The second-order valence-electron chi connectivity index (χ2n) is 5.84. The Labute approximate surface area is 124 Å². The van der Waals surface area contributed by atoms with Crippen molar-refractivity contribution in [3.8, 4) is 0 Å². The first-order valence-corrected chi connectivity index (χ1v) is 8.37. The summed E-state index contributed by atoms with van der Waals surface area (Å²) in [7, 11) is 0. The van der Waals surface area contributed by atoms with Crippen molar-refractivity contribution in [3.05, 3.63) is 33.5 Å². The van der Waals surface area contributed by atoms with Crippen molar-refractivity contribution in [2.45, 2.75) is 38.6 Å². The zero-order valence-corrected chi connectivity index (χ0v) is 12.8. The Morgan fingerprint density at radius 1 is 1.40 bits per heavy atom. The first-order valence-electron chi connectivity index (χ1n) is 7.49. The molecule has 1 aromatic heterocycles. The van der Waals surface area contributed by atoms with Crippen LogP contribution in [0.4, 0.5) is 0 Å². The fraction of sp³-hybridized carbons (Fsp3) is 0.562. The van der Waals surface area contributed by atoms with Gasteiger partial charge >= 0.3 is 0 Å². The molecule has 2 N–H and O–H groups in total. The molecule has 1 unspecified atom stereocenters. The van der Waals surface area contributed by atoms with Crippen molar-refractivity contribution in [2.75, 3.05) is 13.1 Å². The number of amides is 1. The molecule has 0 radical (unpaired) electrons. The van der Waals surface area contributed by atoms with Crippen LogP contribution in [0.2, 0.25) is 0 Å². The molecule has 2 fully saturated rings. The first kappa shape index (κ1) is 13.8. The Morgan fingerprint density at radius 3 is 2.70 bits per heavy atom. The first-order chi connectivity index (χ1) is 9.75. The molecule has 1 aliphatic carbocycles. The minimum atomic E-state index is 0.117. The standard InChI is InChI=1S/C16H22N2OS/c1-11(13-9-17-10-13)16(19)18-15(12-5-2-3-6-12)14-7-4-8-20-14/h4,7-8,12,15,17H,2-3,5-6,9-10H2,1H3,(H,18,19). The van der Waals surface area contributed by atoms with Gasteiger partial charge in [0, 0.05) is 23.5 Å². The lowest BCUT2D eigenvalue weighted by molar-refractivity contribution is -0.118. The maximum atomic E-state index is 12.4. The summed E-state index contributed by atoms with van der Waals surface area (Å²) >= 11 is 1.76. The average Bonchev–Trinajstić information content (AvgIpc) is 3.06. The van der Waals surface area contributed by atoms with E-state index in [0.29, 0.717) is 5.92 Å². The monoisotopic (exact) mass is 290 g/mol. The van der Waals surface area contributed by atoms with E-state index >= 15 is 0 Å². The quantitative estimate of drug-likeness (QED) is 0.837. The molecule has 1 saturated carbocycles. The molecule has 1 aromatic rings. The van der Waals surface area contributed by atoms with Gasteiger partial charge in [0.15, 0.2) is 0 Å². The Kier molecular flexibility index (Phi) is 4.22. The molecular formula is C16H22N2OS. The second-order valence-corrected chi connectivity index (χ2v) is 6.82. The average molecular weight is 290 g/mol. The summed E-state index contributed by atoms with van der Waals surface area (Å²) in [4.78, 5) is 13.7. The van der Waals surface area contributed by atoms with Crippen LogP contribution in [0.5, 0.6) is 0 Å². The number of hydrogen-bond acceptors (Lipinski definition) is 3. The summed E-state index contributed by atoms with van der Waals surface area (Å²) in [5.41, 5.74) is 2.15. The van der Waals surface area contributed by atoms with E-state index in [1.54, 1.807) is 11.3 Å². The molecule has 0 bridgehead atoms. The fourth-order valence-electron chi connectivity index (χ4n) is 3.11. The minimum absolute atomic E-state index is 0.117. The van der Waals surface area contributed by atoms with Crippen LogP contribution in [0.1, 0.15) is 43.5 Å². The molecule has 4 heteroatoms. The van der Waals surface area contributed by atoms with Gasteiger partial charge in [0.1, 0.15) is 0 Å². The largest absolute Gasteiger partial charge is 0.344 e. The Bertz CT molecular complexity index is 495. The highest BCUT2D eigenvalue weighted by Gasteiger charge is 2.29. The van der Waals surface area contributed by atoms with E-state index in [-0.39, 0.29) is 11.9 Å². The van der Waals surface area contributed by atoms with Gasteiger partial charge in [0.2, 0.25) is 5.91 Å². The minimum Gasteiger partial charge on any atom is -0.344 e. The third kappa shape index (κ3) is 2.81. The Hall–Kier alpha value is -1.13. The number of nitrogens with one attached hydrogen (secondary N) is 2. The van der Waals surface area contributed by atoms with Crippen molar-refractivity contribution in [1.82, 2.24) is 10.6 Å². The molecule has 1 aliphatic heterocycles.